The maximum absolute atomic E-state index is 12.0. The summed E-state index contributed by atoms with van der Waals surface area (Å²) in [6, 6.07) is 8.04. The SMILES string of the molecule is CCN1CCN(C(=O)NCc2ccc(Br)cc2)CC1. The molecule has 1 N–H and O–H groups in total. The average Bonchev–Trinajstić information content (AvgIpc) is 2.46. The number of urea groups is 1. The van der Waals surface area contributed by atoms with E-state index in [1.807, 2.05) is 29.2 Å². The quantitative estimate of drug-likeness (QED) is 0.925. The van der Waals surface area contributed by atoms with Crippen molar-refractivity contribution < 1.29 is 4.79 Å². The zero-order chi connectivity index (χ0) is 13.7. The summed E-state index contributed by atoms with van der Waals surface area (Å²) in [4.78, 5) is 16.3. The Hall–Kier alpha value is -1.07. The molecule has 1 aromatic rings. The molecule has 1 aliphatic rings. The van der Waals surface area contributed by atoms with Crippen LogP contribution < -0.4 is 5.32 Å². The first-order valence-corrected chi connectivity index (χ1v) is 7.48. The minimum Gasteiger partial charge on any atom is -0.334 e. The molecule has 1 heterocycles. The van der Waals surface area contributed by atoms with Gasteiger partial charge >= 0.3 is 6.03 Å². The van der Waals surface area contributed by atoms with E-state index in [1.54, 1.807) is 0 Å². The number of likely N-dealkylation sites (N-methyl/N-ethyl adjacent to an activating group) is 1. The molecule has 4 nitrogen and oxygen atoms in total. The highest BCUT2D eigenvalue weighted by Gasteiger charge is 2.19. The van der Waals surface area contributed by atoms with E-state index in [4.69, 9.17) is 0 Å². The lowest BCUT2D eigenvalue weighted by Crippen LogP contribution is -2.51. The molecule has 1 aliphatic heterocycles. The number of hydrogen-bond acceptors (Lipinski definition) is 2. The summed E-state index contributed by atoms with van der Waals surface area (Å²) >= 11 is 3.40. The predicted molar refractivity (Wildman–Crippen MR) is 80.1 cm³/mol. The summed E-state index contributed by atoms with van der Waals surface area (Å²) in [7, 11) is 0. The van der Waals surface area contributed by atoms with Crippen LogP contribution in [0.4, 0.5) is 4.79 Å². The lowest BCUT2D eigenvalue weighted by atomic mass is 10.2. The first-order chi connectivity index (χ1) is 9.19. The van der Waals surface area contributed by atoms with Gasteiger partial charge in [-0.05, 0) is 24.2 Å². The lowest BCUT2D eigenvalue weighted by molar-refractivity contribution is 0.142. The molecule has 0 spiro atoms. The van der Waals surface area contributed by atoms with Gasteiger partial charge in [-0.1, -0.05) is 35.0 Å². The van der Waals surface area contributed by atoms with Crippen LogP contribution in [-0.4, -0.2) is 48.6 Å². The van der Waals surface area contributed by atoms with Crippen LogP contribution in [0.25, 0.3) is 0 Å². The van der Waals surface area contributed by atoms with Crippen LogP contribution in [0.1, 0.15) is 12.5 Å². The van der Waals surface area contributed by atoms with Crippen molar-refractivity contribution >= 4 is 22.0 Å². The molecular weight excluding hydrogens is 306 g/mol. The van der Waals surface area contributed by atoms with Crippen molar-refractivity contribution in [1.29, 1.82) is 0 Å². The van der Waals surface area contributed by atoms with Gasteiger partial charge in [-0.2, -0.15) is 0 Å². The maximum Gasteiger partial charge on any atom is 0.317 e. The summed E-state index contributed by atoms with van der Waals surface area (Å²) in [6.45, 7) is 7.39. The summed E-state index contributed by atoms with van der Waals surface area (Å²) in [5, 5.41) is 2.97. The van der Waals surface area contributed by atoms with Crippen molar-refractivity contribution in [3.63, 3.8) is 0 Å². The van der Waals surface area contributed by atoms with Crippen LogP contribution in [0.2, 0.25) is 0 Å². The van der Waals surface area contributed by atoms with Crippen LogP contribution in [0.15, 0.2) is 28.7 Å². The van der Waals surface area contributed by atoms with Crippen molar-refractivity contribution in [2.45, 2.75) is 13.5 Å². The first-order valence-electron chi connectivity index (χ1n) is 6.68. The van der Waals surface area contributed by atoms with Gasteiger partial charge in [0.2, 0.25) is 0 Å². The topological polar surface area (TPSA) is 35.6 Å². The molecule has 0 atom stereocenters. The lowest BCUT2D eigenvalue weighted by Gasteiger charge is -2.34. The highest BCUT2D eigenvalue weighted by Crippen LogP contribution is 2.10. The van der Waals surface area contributed by atoms with Gasteiger partial charge in [-0.15, -0.1) is 0 Å². The second kappa shape index (κ2) is 6.91. The Bertz CT molecular complexity index is 413. The number of nitrogens with one attached hydrogen (secondary N) is 1. The summed E-state index contributed by atoms with van der Waals surface area (Å²) in [6.07, 6.45) is 0. The fourth-order valence-corrected chi connectivity index (χ4v) is 2.42. The van der Waals surface area contributed by atoms with E-state index in [0.717, 1.165) is 42.8 Å². The Kier molecular flexibility index (Phi) is 5.22. The molecule has 104 valence electrons. The summed E-state index contributed by atoms with van der Waals surface area (Å²) in [5.74, 6) is 0. The molecule has 1 fully saturated rings. The van der Waals surface area contributed by atoms with Crippen LogP contribution in [-0.2, 0) is 6.54 Å². The van der Waals surface area contributed by atoms with E-state index in [9.17, 15) is 4.79 Å². The number of carbonyl (C=O) groups excluding carboxylic acids is 1. The molecule has 0 radical (unpaired) electrons. The summed E-state index contributed by atoms with van der Waals surface area (Å²) in [5.41, 5.74) is 1.11. The maximum atomic E-state index is 12.0. The number of benzene rings is 1. The zero-order valence-electron chi connectivity index (χ0n) is 11.2. The molecule has 19 heavy (non-hydrogen) atoms. The Morgan fingerprint density at radius 3 is 2.42 bits per heavy atom. The van der Waals surface area contributed by atoms with E-state index in [1.165, 1.54) is 0 Å². The molecule has 0 saturated carbocycles. The number of hydrogen-bond donors (Lipinski definition) is 1. The van der Waals surface area contributed by atoms with Crippen molar-refractivity contribution in [2.75, 3.05) is 32.7 Å². The number of amides is 2. The number of nitrogens with zero attached hydrogens (tertiary/aromatic N) is 2. The van der Waals surface area contributed by atoms with Gasteiger partial charge in [-0.3, -0.25) is 0 Å². The minimum absolute atomic E-state index is 0.0404. The molecule has 5 heteroatoms. The highest BCUT2D eigenvalue weighted by molar-refractivity contribution is 9.10. The first kappa shape index (κ1) is 14.3. The van der Waals surface area contributed by atoms with Crippen LogP contribution >= 0.6 is 15.9 Å². The van der Waals surface area contributed by atoms with Crippen molar-refractivity contribution in [3.05, 3.63) is 34.3 Å². The normalized spacial score (nSPS) is 16.4. The van der Waals surface area contributed by atoms with E-state index in [-0.39, 0.29) is 6.03 Å². The minimum atomic E-state index is 0.0404. The van der Waals surface area contributed by atoms with E-state index < -0.39 is 0 Å². The third kappa shape index (κ3) is 4.21. The van der Waals surface area contributed by atoms with E-state index in [2.05, 4.69) is 33.1 Å². The van der Waals surface area contributed by atoms with Gasteiger partial charge in [-0.25, -0.2) is 4.79 Å². The fraction of sp³-hybridized carbons (Fsp3) is 0.500. The zero-order valence-corrected chi connectivity index (χ0v) is 12.8. The summed E-state index contributed by atoms with van der Waals surface area (Å²) < 4.78 is 1.05. The van der Waals surface area contributed by atoms with Crippen molar-refractivity contribution in [1.82, 2.24) is 15.1 Å². The van der Waals surface area contributed by atoms with Gasteiger partial charge in [0.1, 0.15) is 0 Å². The third-order valence-electron chi connectivity index (χ3n) is 3.46. The molecular formula is C14H20BrN3O. The van der Waals surface area contributed by atoms with Crippen molar-refractivity contribution in [2.24, 2.45) is 0 Å². The van der Waals surface area contributed by atoms with E-state index in [0.29, 0.717) is 6.54 Å². The second-order valence-electron chi connectivity index (χ2n) is 4.71. The molecule has 0 unspecified atom stereocenters. The number of carbonyl (C=O) groups is 1. The van der Waals surface area contributed by atoms with Crippen LogP contribution in [0.5, 0.6) is 0 Å². The monoisotopic (exact) mass is 325 g/mol. The Morgan fingerprint density at radius 2 is 1.84 bits per heavy atom. The molecule has 2 amide bonds. The average molecular weight is 326 g/mol. The van der Waals surface area contributed by atoms with Gasteiger partial charge < -0.3 is 15.1 Å². The number of piperazine rings is 1. The Balaban J connectivity index is 1.77. The highest BCUT2D eigenvalue weighted by atomic mass is 79.9. The third-order valence-corrected chi connectivity index (χ3v) is 3.99. The van der Waals surface area contributed by atoms with Gasteiger partial charge in [0.25, 0.3) is 0 Å². The standard InChI is InChI=1S/C14H20BrN3O/c1-2-17-7-9-18(10-8-17)14(19)16-11-12-3-5-13(15)6-4-12/h3-6H,2,7-11H2,1H3,(H,16,19). The van der Waals surface area contributed by atoms with Gasteiger partial charge in [0, 0.05) is 37.2 Å². The van der Waals surface area contributed by atoms with Crippen molar-refractivity contribution in [3.8, 4) is 0 Å². The molecule has 1 aromatic carbocycles. The van der Waals surface area contributed by atoms with Crippen LogP contribution in [0, 0.1) is 0 Å². The number of rotatable bonds is 3. The molecule has 2 rings (SSSR count). The van der Waals surface area contributed by atoms with Gasteiger partial charge in [0.15, 0.2) is 0 Å². The molecule has 0 bridgehead atoms. The Morgan fingerprint density at radius 1 is 1.21 bits per heavy atom. The predicted octanol–water partition coefficient (Wildman–Crippen LogP) is 2.30. The Labute approximate surface area is 122 Å². The second-order valence-corrected chi connectivity index (χ2v) is 5.62. The molecule has 1 saturated heterocycles. The number of halogens is 1. The smallest absolute Gasteiger partial charge is 0.317 e. The molecule has 0 aromatic heterocycles. The van der Waals surface area contributed by atoms with Crippen LogP contribution in [0.3, 0.4) is 0 Å². The van der Waals surface area contributed by atoms with E-state index >= 15 is 0 Å². The fourth-order valence-electron chi connectivity index (χ4n) is 2.16. The van der Waals surface area contributed by atoms with Gasteiger partial charge in [0.05, 0.1) is 0 Å². The largest absolute Gasteiger partial charge is 0.334 e. The molecule has 0 aliphatic carbocycles.